The fourth-order valence-electron chi connectivity index (χ4n) is 3.90. The van der Waals surface area contributed by atoms with E-state index >= 15 is 0 Å². The summed E-state index contributed by atoms with van der Waals surface area (Å²) in [5.41, 5.74) is 0. The van der Waals surface area contributed by atoms with Crippen molar-refractivity contribution >= 4 is 19.0 Å². The number of rotatable bonds is 33. The molecule has 0 bridgehead atoms. The molecule has 0 saturated heterocycles. The maximum atomic E-state index is 5.86. The van der Waals surface area contributed by atoms with Crippen molar-refractivity contribution in [1.29, 1.82) is 0 Å². The molecule has 0 N–H and O–H groups in total. The third-order valence-corrected chi connectivity index (χ3v) is 9.54. The van der Waals surface area contributed by atoms with Gasteiger partial charge in [0.2, 0.25) is 0 Å². The van der Waals surface area contributed by atoms with Gasteiger partial charge in [0.1, 0.15) is 11.8 Å². The molecular weight excluding hydrogens is 538 g/mol. The van der Waals surface area contributed by atoms with E-state index in [2.05, 4.69) is 4.90 Å². The summed E-state index contributed by atoms with van der Waals surface area (Å²) >= 11 is 0. The summed E-state index contributed by atoms with van der Waals surface area (Å²) in [5, 5.41) is 0. The minimum absolute atomic E-state index is 0.0523. The number of hydrogen-bond acceptors (Lipinski definition) is 10. The van der Waals surface area contributed by atoms with Gasteiger partial charge in [0.05, 0.1) is 78.5 Å². The van der Waals surface area contributed by atoms with Crippen LogP contribution in [0.5, 0.6) is 0 Å². The quantitative estimate of drug-likeness (QED) is 0.0631. The standard InChI is InChI=1S/C27H61NO9Si2/c1-6-34-26(35-7-2)38-24-10-12-28(13-11-25-39-27(36-8-3)37-9-4)14-15-30-18-19-32-22-23-33-21-20-31-17-16-29-5/h26-27H,6-25,38-39H2,1-5H3. The number of methoxy groups -OCH3 is 1. The second-order valence-electron chi connectivity index (χ2n) is 8.96. The lowest BCUT2D eigenvalue weighted by Crippen LogP contribution is -2.32. The Morgan fingerprint density at radius 1 is 0.487 bits per heavy atom. The van der Waals surface area contributed by atoms with Crippen LogP contribution in [0.3, 0.4) is 0 Å². The summed E-state index contributed by atoms with van der Waals surface area (Å²) in [6.07, 6.45) is 2.36. The highest BCUT2D eigenvalue weighted by molar-refractivity contribution is 6.36. The lowest BCUT2D eigenvalue weighted by Gasteiger charge is -2.23. The van der Waals surface area contributed by atoms with Gasteiger partial charge in [-0.2, -0.15) is 0 Å². The Morgan fingerprint density at radius 2 is 0.846 bits per heavy atom. The van der Waals surface area contributed by atoms with Gasteiger partial charge in [0.25, 0.3) is 0 Å². The molecule has 0 rings (SSSR count). The van der Waals surface area contributed by atoms with E-state index in [9.17, 15) is 0 Å². The van der Waals surface area contributed by atoms with Crippen molar-refractivity contribution in [2.24, 2.45) is 0 Å². The van der Waals surface area contributed by atoms with Crippen molar-refractivity contribution in [3.8, 4) is 0 Å². The number of hydrogen-bond donors (Lipinski definition) is 0. The average Bonchev–Trinajstić information content (AvgIpc) is 2.93. The van der Waals surface area contributed by atoms with Crippen LogP contribution in [0.1, 0.15) is 40.5 Å². The summed E-state index contributed by atoms with van der Waals surface area (Å²) in [4.78, 5) is 2.54. The molecule has 39 heavy (non-hydrogen) atoms. The smallest absolute Gasteiger partial charge is 0.134 e. The average molecular weight is 600 g/mol. The summed E-state index contributed by atoms with van der Waals surface area (Å²) in [5.74, 6) is 0.105. The van der Waals surface area contributed by atoms with Crippen LogP contribution in [-0.2, 0) is 42.6 Å². The molecule has 0 aliphatic carbocycles. The molecule has 10 nitrogen and oxygen atoms in total. The van der Waals surface area contributed by atoms with E-state index in [0.29, 0.717) is 59.5 Å². The van der Waals surface area contributed by atoms with E-state index in [0.717, 1.165) is 46.1 Å². The van der Waals surface area contributed by atoms with Crippen LogP contribution in [0.2, 0.25) is 12.1 Å². The minimum Gasteiger partial charge on any atom is -0.382 e. The maximum absolute atomic E-state index is 5.86. The van der Waals surface area contributed by atoms with Crippen LogP contribution in [0.25, 0.3) is 0 Å². The monoisotopic (exact) mass is 599 g/mol. The van der Waals surface area contributed by atoms with Crippen molar-refractivity contribution in [1.82, 2.24) is 4.90 Å². The lowest BCUT2D eigenvalue weighted by molar-refractivity contribution is -0.0829. The number of ether oxygens (including phenoxy) is 9. The zero-order chi connectivity index (χ0) is 28.7. The first kappa shape index (κ1) is 39.0. The maximum Gasteiger partial charge on any atom is 0.134 e. The second-order valence-corrected chi connectivity index (χ2v) is 12.9. The van der Waals surface area contributed by atoms with Crippen molar-refractivity contribution in [3.63, 3.8) is 0 Å². The molecule has 0 aromatic rings. The van der Waals surface area contributed by atoms with Crippen molar-refractivity contribution in [2.75, 3.05) is 113 Å². The van der Waals surface area contributed by atoms with Gasteiger partial charge >= 0.3 is 0 Å². The van der Waals surface area contributed by atoms with Crippen LogP contribution in [0.4, 0.5) is 0 Å². The molecule has 0 aliphatic rings. The molecule has 0 aliphatic heterocycles. The van der Waals surface area contributed by atoms with Crippen LogP contribution >= 0.6 is 0 Å². The molecule has 0 aromatic carbocycles. The molecule has 12 heteroatoms. The van der Waals surface area contributed by atoms with Gasteiger partial charge in [-0.1, -0.05) is 12.1 Å². The van der Waals surface area contributed by atoms with E-state index in [1.807, 2.05) is 27.7 Å². The predicted octanol–water partition coefficient (Wildman–Crippen LogP) is 1.67. The van der Waals surface area contributed by atoms with Crippen molar-refractivity contribution in [2.45, 2.75) is 64.5 Å². The lowest BCUT2D eigenvalue weighted by atomic mass is 10.3. The minimum atomic E-state index is -0.400. The first-order valence-corrected chi connectivity index (χ1v) is 18.8. The molecule has 0 radical (unpaired) electrons. The highest BCUT2D eigenvalue weighted by atomic mass is 28.2. The molecule has 236 valence electrons. The number of nitrogens with zero attached hydrogens (tertiary/aromatic N) is 1. The molecule has 0 amide bonds. The molecule has 0 atom stereocenters. The summed E-state index contributed by atoms with van der Waals surface area (Å²) < 4.78 is 50.2. The molecule has 0 heterocycles. The van der Waals surface area contributed by atoms with Crippen molar-refractivity contribution < 1.29 is 42.6 Å². The van der Waals surface area contributed by atoms with Crippen LogP contribution < -0.4 is 0 Å². The third-order valence-electron chi connectivity index (χ3n) is 5.84. The largest absolute Gasteiger partial charge is 0.382 e. The Kier molecular flexibility index (Phi) is 32.6. The Balaban J connectivity index is 4.12. The van der Waals surface area contributed by atoms with Gasteiger partial charge in [-0.05, 0) is 53.6 Å². The molecule has 0 unspecified atom stereocenters. The van der Waals surface area contributed by atoms with E-state index in [1.54, 1.807) is 7.11 Å². The SMILES string of the molecule is CCOC(OCC)[SiH2]CCCN(CCC[SiH2]C(OCC)OCC)CCOCCOCCOCCOCCOC. The Labute approximate surface area is 243 Å². The summed E-state index contributed by atoms with van der Waals surface area (Å²) in [6, 6.07) is 2.45. The second kappa shape index (κ2) is 32.5. The van der Waals surface area contributed by atoms with E-state index in [4.69, 9.17) is 42.6 Å². The zero-order valence-corrected chi connectivity index (χ0v) is 28.7. The van der Waals surface area contributed by atoms with Crippen LogP contribution in [-0.4, -0.2) is 148 Å². The Hall–Kier alpha value is 0.0338. The van der Waals surface area contributed by atoms with E-state index < -0.39 is 19.0 Å². The van der Waals surface area contributed by atoms with Gasteiger partial charge in [0, 0.05) is 40.1 Å². The van der Waals surface area contributed by atoms with Gasteiger partial charge in [-0.3, -0.25) is 0 Å². The molecular formula is C27H61NO9Si2. The fourth-order valence-corrected chi connectivity index (χ4v) is 7.20. The van der Waals surface area contributed by atoms with Gasteiger partial charge < -0.3 is 47.5 Å². The van der Waals surface area contributed by atoms with E-state index in [1.165, 1.54) is 24.9 Å². The highest BCUT2D eigenvalue weighted by Crippen LogP contribution is 2.05. The van der Waals surface area contributed by atoms with Gasteiger partial charge in [0.15, 0.2) is 0 Å². The summed E-state index contributed by atoms with van der Waals surface area (Å²) in [7, 11) is 0.863. The normalized spacial score (nSPS) is 12.6. The van der Waals surface area contributed by atoms with Crippen molar-refractivity contribution in [3.05, 3.63) is 0 Å². The fraction of sp³-hybridized carbons (Fsp3) is 1.00. The van der Waals surface area contributed by atoms with Gasteiger partial charge in [-0.15, -0.1) is 0 Å². The van der Waals surface area contributed by atoms with Crippen LogP contribution in [0, 0.1) is 0 Å². The Morgan fingerprint density at radius 3 is 1.21 bits per heavy atom. The molecule has 0 spiro atoms. The zero-order valence-electron chi connectivity index (χ0n) is 25.8. The molecule has 0 saturated carbocycles. The van der Waals surface area contributed by atoms with Crippen LogP contribution in [0.15, 0.2) is 0 Å². The van der Waals surface area contributed by atoms with Gasteiger partial charge in [-0.25, -0.2) is 0 Å². The highest BCUT2D eigenvalue weighted by Gasteiger charge is 2.12. The topological polar surface area (TPSA) is 86.3 Å². The third kappa shape index (κ3) is 28.0. The summed E-state index contributed by atoms with van der Waals surface area (Å²) in [6.45, 7) is 19.5. The predicted molar refractivity (Wildman–Crippen MR) is 162 cm³/mol. The molecule has 0 aromatic heterocycles. The Bertz CT molecular complexity index is 437. The van der Waals surface area contributed by atoms with E-state index in [-0.39, 0.29) is 11.8 Å². The first-order chi connectivity index (χ1) is 19.2. The molecule has 0 fully saturated rings. The first-order valence-electron chi connectivity index (χ1n) is 15.2.